The number of methoxy groups -OCH3 is 1. The SMILES string of the molecule is COc1c(C)cc(Cl)cc1C(N)CCCN. The first kappa shape index (κ1) is 13.3. The molecular weight excluding hydrogens is 224 g/mol. The van der Waals surface area contributed by atoms with Crippen LogP contribution in [0.2, 0.25) is 5.02 Å². The van der Waals surface area contributed by atoms with Gasteiger partial charge >= 0.3 is 0 Å². The van der Waals surface area contributed by atoms with Crippen molar-refractivity contribution in [3.63, 3.8) is 0 Å². The Labute approximate surface area is 102 Å². The molecule has 0 aromatic heterocycles. The first-order valence-electron chi connectivity index (χ1n) is 5.39. The van der Waals surface area contributed by atoms with Crippen LogP contribution in [0.3, 0.4) is 0 Å². The summed E-state index contributed by atoms with van der Waals surface area (Å²) in [4.78, 5) is 0. The van der Waals surface area contributed by atoms with Crippen LogP contribution in [0.5, 0.6) is 5.75 Å². The minimum atomic E-state index is -0.0732. The van der Waals surface area contributed by atoms with Crippen LogP contribution in [0.4, 0.5) is 0 Å². The lowest BCUT2D eigenvalue weighted by Gasteiger charge is -2.17. The predicted molar refractivity (Wildman–Crippen MR) is 68.0 cm³/mol. The molecule has 1 aromatic carbocycles. The number of aryl methyl sites for hydroxylation is 1. The van der Waals surface area contributed by atoms with E-state index in [1.807, 2.05) is 19.1 Å². The molecule has 0 saturated carbocycles. The number of ether oxygens (including phenoxy) is 1. The number of nitrogens with two attached hydrogens (primary N) is 2. The summed E-state index contributed by atoms with van der Waals surface area (Å²) >= 11 is 6.02. The third kappa shape index (κ3) is 3.11. The summed E-state index contributed by atoms with van der Waals surface area (Å²) in [7, 11) is 1.65. The van der Waals surface area contributed by atoms with Gasteiger partial charge in [0, 0.05) is 16.6 Å². The second kappa shape index (κ2) is 6.09. The van der Waals surface area contributed by atoms with E-state index in [0.29, 0.717) is 11.6 Å². The Balaban J connectivity index is 3.00. The lowest BCUT2D eigenvalue weighted by Crippen LogP contribution is -2.14. The van der Waals surface area contributed by atoms with Crippen molar-refractivity contribution in [1.29, 1.82) is 0 Å². The quantitative estimate of drug-likeness (QED) is 0.834. The third-order valence-corrected chi connectivity index (χ3v) is 2.81. The van der Waals surface area contributed by atoms with Crippen LogP contribution in [0.1, 0.15) is 30.0 Å². The normalized spacial score (nSPS) is 12.6. The molecule has 3 nitrogen and oxygen atoms in total. The summed E-state index contributed by atoms with van der Waals surface area (Å²) in [6, 6.07) is 3.67. The number of benzene rings is 1. The van der Waals surface area contributed by atoms with E-state index in [1.54, 1.807) is 7.11 Å². The van der Waals surface area contributed by atoms with Gasteiger partial charge in [0.05, 0.1) is 7.11 Å². The fraction of sp³-hybridized carbons (Fsp3) is 0.500. The molecule has 0 saturated heterocycles. The number of hydrogen-bond donors (Lipinski definition) is 2. The van der Waals surface area contributed by atoms with E-state index < -0.39 is 0 Å². The maximum atomic E-state index is 6.10. The van der Waals surface area contributed by atoms with E-state index in [9.17, 15) is 0 Å². The highest BCUT2D eigenvalue weighted by molar-refractivity contribution is 6.30. The van der Waals surface area contributed by atoms with Gasteiger partial charge in [0.2, 0.25) is 0 Å². The molecule has 0 bridgehead atoms. The summed E-state index contributed by atoms with van der Waals surface area (Å²) < 4.78 is 5.36. The molecule has 0 amide bonds. The molecule has 4 N–H and O–H groups in total. The van der Waals surface area contributed by atoms with E-state index in [1.165, 1.54) is 0 Å². The van der Waals surface area contributed by atoms with Gasteiger partial charge in [-0.1, -0.05) is 11.6 Å². The van der Waals surface area contributed by atoms with Crippen molar-refractivity contribution >= 4 is 11.6 Å². The minimum Gasteiger partial charge on any atom is -0.496 e. The lowest BCUT2D eigenvalue weighted by atomic mass is 9.99. The molecule has 0 aliphatic carbocycles. The molecular formula is C12H19ClN2O. The van der Waals surface area contributed by atoms with Crippen LogP contribution in [0.25, 0.3) is 0 Å². The number of halogens is 1. The Kier molecular flexibility index (Phi) is 5.06. The fourth-order valence-corrected chi connectivity index (χ4v) is 2.08. The van der Waals surface area contributed by atoms with Crippen LogP contribution in [0, 0.1) is 6.92 Å². The Hall–Kier alpha value is -0.770. The van der Waals surface area contributed by atoms with E-state index in [0.717, 1.165) is 29.7 Å². The third-order valence-electron chi connectivity index (χ3n) is 2.59. The van der Waals surface area contributed by atoms with Gasteiger partial charge in [-0.2, -0.15) is 0 Å². The molecule has 0 spiro atoms. The largest absolute Gasteiger partial charge is 0.496 e. The van der Waals surface area contributed by atoms with Crippen molar-refractivity contribution in [2.24, 2.45) is 11.5 Å². The van der Waals surface area contributed by atoms with Gasteiger partial charge in [0.15, 0.2) is 0 Å². The van der Waals surface area contributed by atoms with Crippen molar-refractivity contribution in [2.75, 3.05) is 13.7 Å². The first-order valence-corrected chi connectivity index (χ1v) is 5.77. The summed E-state index contributed by atoms with van der Waals surface area (Å²) in [5.41, 5.74) is 13.5. The molecule has 1 atom stereocenters. The number of hydrogen-bond acceptors (Lipinski definition) is 3. The average Bonchev–Trinajstić information content (AvgIpc) is 2.24. The Morgan fingerprint density at radius 3 is 2.69 bits per heavy atom. The summed E-state index contributed by atoms with van der Waals surface area (Å²) in [6.07, 6.45) is 1.74. The topological polar surface area (TPSA) is 61.3 Å². The van der Waals surface area contributed by atoms with Crippen LogP contribution in [-0.2, 0) is 0 Å². The van der Waals surface area contributed by atoms with Crippen molar-refractivity contribution < 1.29 is 4.74 Å². The van der Waals surface area contributed by atoms with Gasteiger partial charge in [-0.05, 0) is 44.0 Å². The monoisotopic (exact) mass is 242 g/mol. The van der Waals surface area contributed by atoms with Gasteiger partial charge in [-0.3, -0.25) is 0 Å². The average molecular weight is 243 g/mol. The van der Waals surface area contributed by atoms with E-state index in [4.69, 9.17) is 27.8 Å². The van der Waals surface area contributed by atoms with E-state index in [-0.39, 0.29) is 6.04 Å². The highest BCUT2D eigenvalue weighted by Gasteiger charge is 2.14. The van der Waals surface area contributed by atoms with Gasteiger partial charge in [-0.15, -0.1) is 0 Å². The molecule has 0 heterocycles. The molecule has 90 valence electrons. The molecule has 4 heteroatoms. The lowest BCUT2D eigenvalue weighted by molar-refractivity contribution is 0.400. The van der Waals surface area contributed by atoms with Crippen molar-refractivity contribution in [3.05, 3.63) is 28.3 Å². The van der Waals surface area contributed by atoms with Crippen molar-refractivity contribution in [1.82, 2.24) is 0 Å². The number of rotatable bonds is 5. The zero-order valence-electron chi connectivity index (χ0n) is 9.79. The van der Waals surface area contributed by atoms with Gasteiger partial charge < -0.3 is 16.2 Å². The molecule has 0 aliphatic heterocycles. The molecule has 0 aliphatic rings. The van der Waals surface area contributed by atoms with Crippen LogP contribution in [-0.4, -0.2) is 13.7 Å². The van der Waals surface area contributed by atoms with Crippen molar-refractivity contribution in [2.45, 2.75) is 25.8 Å². The Bertz CT molecular complexity index is 355. The standard InChI is InChI=1S/C12H19ClN2O/c1-8-6-9(13)7-10(12(8)16-2)11(15)4-3-5-14/h6-7,11H,3-5,14-15H2,1-2H3. The second-order valence-corrected chi connectivity index (χ2v) is 4.32. The molecule has 1 rings (SSSR count). The molecule has 1 aromatic rings. The summed E-state index contributed by atoms with van der Waals surface area (Å²) in [5, 5.41) is 0.691. The smallest absolute Gasteiger partial charge is 0.126 e. The van der Waals surface area contributed by atoms with Crippen LogP contribution in [0.15, 0.2) is 12.1 Å². The maximum absolute atomic E-state index is 6.10. The predicted octanol–water partition coefficient (Wildman–Crippen LogP) is 2.40. The van der Waals surface area contributed by atoms with Crippen molar-refractivity contribution in [3.8, 4) is 5.75 Å². The zero-order valence-corrected chi connectivity index (χ0v) is 10.6. The Morgan fingerprint density at radius 1 is 1.44 bits per heavy atom. The zero-order chi connectivity index (χ0) is 12.1. The Morgan fingerprint density at radius 2 is 2.12 bits per heavy atom. The molecule has 16 heavy (non-hydrogen) atoms. The van der Waals surface area contributed by atoms with Crippen LogP contribution < -0.4 is 16.2 Å². The highest BCUT2D eigenvalue weighted by atomic mass is 35.5. The van der Waals surface area contributed by atoms with E-state index >= 15 is 0 Å². The second-order valence-electron chi connectivity index (χ2n) is 3.88. The summed E-state index contributed by atoms with van der Waals surface area (Å²) in [6.45, 7) is 2.61. The van der Waals surface area contributed by atoms with Gasteiger partial charge in [0.25, 0.3) is 0 Å². The summed E-state index contributed by atoms with van der Waals surface area (Å²) in [5.74, 6) is 0.828. The maximum Gasteiger partial charge on any atom is 0.126 e. The molecule has 0 fully saturated rings. The highest BCUT2D eigenvalue weighted by Crippen LogP contribution is 2.32. The first-order chi connectivity index (χ1) is 7.60. The van der Waals surface area contributed by atoms with Gasteiger partial charge in [0.1, 0.15) is 5.75 Å². The molecule has 1 unspecified atom stereocenters. The molecule has 0 radical (unpaired) electrons. The van der Waals surface area contributed by atoms with E-state index in [2.05, 4.69) is 0 Å². The van der Waals surface area contributed by atoms with Crippen LogP contribution >= 0.6 is 11.6 Å². The fourth-order valence-electron chi connectivity index (χ4n) is 1.80. The minimum absolute atomic E-state index is 0.0732. The van der Waals surface area contributed by atoms with Gasteiger partial charge in [-0.25, -0.2) is 0 Å².